The predicted octanol–water partition coefficient (Wildman–Crippen LogP) is -0.145. The van der Waals surface area contributed by atoms with Crippen LogP contribution >= 0.6 is 0 Å². The standard InChI is InChI=1S/C13H18N2O3/c14-12(7-9-1-3-10(16)4-2-9)13(18)15-6-5-11(17)8-15/h1-4,11-12,16-17H,5-8,14H2/t11?,12-/m1/s1. The van der Waals surface area contributed by atoms with Crippen LogP contribution in [0.25, 0.3) is 0 Å². The smallest absolute Gasteiger partial charge is 0.239 e. The lowest BCUT2D eigenvalue weighted by Crippen LogP contribution is -2.44. The summed E-state index contributed by atoms with van der Waals surface area (Å²) in [6.45, 7) is 0.950. The van der Waals surface area contributed by atoms with Crippen molar-refractivity contribution in [1.82, 2.24) is 4.90 Å². The van der Waals surface area contributed by atoms with E-state index in [1.807, 2.05) is 0 Å². The molecule has 0 saturated carbocycles. The molecule has 1 fully saturated rings. The monoisotopic (exact) mass is 250 g/mol. The van der Waals surface area contributed by atoms with Crippen LogP contribution in [0.15, 0.2) is 24.3 Å². The average Bonchev–Trinajstić information content (AvgIpc) is 2.78. The van der Waals surface area contributed by atoms with Gasteiger partial charge in [0, 0.05) is 13.1 Å². The molecule has 1 aliphatic heterocycles. The molecule has 0 bridgehead atoms. The molecule has 1 aromatic carbocycles. The Morgan fingerprint density at radius 1 is 1.44 bits per heavy atom. The largest absolute Gasteiger partial charge is 0.508 e. The Morgan fingerprint density at radius 3 is 2.67 bits per heavy atom. The molecule has 0 spiro atoms. The van der Waals surface area contributed by atoms with E-state index in [0.29, 0.717) is 25.9 Å². The first-order valence-electron chi connectivity index (χ1n) is 6.06. The van der Waals surface area contributed by atoms with E-state index in [-0.39, 0.29) is 11.7 Å². The van der Waals surface area contributed by atoms with Crippen molar-refractivity contribution >= 4 is 5.91 Å². The van der Waals surface area contributed by atoms with Crippen molar-refractivity contribution in [3.05, 3.63) is 29.8 Å². The van der Waals surface area contributed by atoms with Crippen molar-refractivity contribution in [2.75, 3.05) is 13.1 Å². The van der Waals surface area contributed by atoms with Gasteiger partial charge >= 0.3 is 0 Å². The summed E-state index contributed by atoms with van der Waals surface area (Å²) in [6, 6.07) is 6.06. The molecule has 0 aliphatic carbocycles. The third-order valence-electron chi connectivity index (χ3n) is 3.18. The van der Waals surface area contributed by atoms with Gasteiger partial charge in [0.15, 0.2) is 0 Å². The number of hydrogen-bond acceptors (Lipinski definition) is 4. The quantitative estimate of drug-likeness (QED) is 0.696. The number of phenolic OH excluding ortho intramolecular Hbond substituents is 1. The molecule has 1 unspecified atom stereocenters. The fourth-order valence-electron chi connectivity index (χ4n) is 2.15. The number of hydrogen-bond donors (Lipinski definition) is 3. The Balaban J connectivity index is 1.93. The summed E-state index contributed by atoms with van der Waals surface area (Å²) in [5, 5.41) is 18.6. The number of nitrogens with two attached hydrogens (primary N) is 1. The van der Waals surface area contributed by atoms with Crippen molar-refractivity contribution in [2.45, 2.75) is 25.0 Å². The number of aliphatic hydroxyl groups excluding tert-OH is 1. The van der Waals surface area contributed by atoms with Gasteiger partial charge in [-0.2, -0.15) is 0 Å². The van der Waals surface area contributed by atoms with Crippen molar-refractivity contribution in [2.24, 2.45) is 5.73 Å². The first kappa shape index (κ1) is 12.9. The minimum Gasteiger partial charge on any atom is -0.508 e. The van der Waals surface area contributed by atoms with Crippen molar-refractivity contribution in [3.8, 4) is 5.75 Å². The number of rotatable bonds is 3. The summed E-state index contributed by atoms with van der Waals surface area (Å²) >= 11 is 0. The van der Waals surface area contributed by atoms with Gasteiger partial charge in [-0.1, -0.05) is 12.1 Å². The topological polar surface area (TPSA) is 86.8 Å². The number of amides is 1. The van der Waals surface area contributed by atoms with Crippen LogP contribution in [0.1, 0.15) is 12.0 Å². The zero-order valence-corrected chi connectivity index (χ0v) is 10.1. The zero-order chi connectivity index (χ0) is 13.1. The highest BCUT2D eigenvalue weighted by atomic mass is 16.3. The second-order valence-corrected chi connectivity index (χ2v) is 4.70. The molecule has 1 aromatic rings. The Labute approximate surface area is 106 Å². The minimum atomic E-state index is -0.597. The van der Waals surface area contributed by atoms with Crippen LogP contribution < -0.4 is 5.73 Å². The number of benzene rings is 1. The highest BCUT2D eigenvalue weighted by molar-refractivity contribution is 5.82. The number of nitrogens with zero attached hydrogens (tertiary/aromatic N) is 1. The summed E-state index contributed by atoms with van der Waals surface area (Å²) in [6.07, 6.45) is 0.637. The van der Waals surface area contributed by atoms with Gasteiger partial charge in [0.25, 0.3) is 0 Å². The number of β-amino-alcohol motifs (C(OH)–C–C–N with tert-alkyl or cyclic N) is 1. The van der Waals surface area contributed by atoms with E-state index >= 15 is 0 Å². The molecule has 2 atom stereocenters. The Morgan fingerprint density at radius 2 is 2.11 bits per heavy atom. The lowest BCUT2D eigenvalue weighted by Gasteiger charge is -2.20. The second-order valence-electron chi connectivity index (χ2n) is 4.70. The SMILES string of the molecule is N[C@H](Cc1ccc(O)cc1)C(=O)N1CCC(O)C1. The lowest BCUT2D eigenvalue weighted by atomic mass is 10.1. The molecule has 1 amide bonds. The first-order chi connectivity index (χ1) is 8.56. The normalized spacial score (nSPS) is 21.0. The summed E-state index contributed by atoms with van der Waals surface area (Å²) < 4.78 is 0. The summed E-state index contributed by atoms with van der Waals surface area (Å²) in [7, 11) is 0. The number of phenols is 1. The van der Waals surface area contributed by atoms with Gasteiger partial charge in [0.2, 0.25) is 5.91 Å². The second kappa shape index (κ2) is 5.37. The first-order valence-corrected chi connectivity index (χ1v) is 6.06. The molecule has 1 heterocycles. The van der Waals surface area contributed by atoms with Gasteiger partial charge in [-0.15, -0.1) is 0 Å². The third-order valence-corrected chi connectivity index (χ3v) is 3.18. The predicted molar refractivity (Wildman–Crippen MR) is 67.0 cm³/mol. The molecular weight excluding hydrogens is 232 g/mol. The van der Waals surface area contributed by atoms with E-state index in [0.717, 1.165) is 5.56 Å². The molecule has 18 heavy (non-hydrogen) atoms. The number of likely N-dealkylation sites (tertiary alicyclic amines) is 1. The molecule has 0 aromatic heterocycles. The Kier molecular flexibility index (Phi) is 3.84. The number of carbonyl (C=O) groups is 1. The highest BCUT2D eigenvalue weighted by Crippen LogP contribution is 2.14. The third kappa shape index (κ3) is 3.00. The number of carbonyl (C=O) groups excluding carboxylic acids is 1. The van der Waals surface area contributed by atoms with Gasteiger partial charge in [-0.05, 0) is 30.5 Å². The molecule has 5 nitrogen and oxygen atoms in total. The molecule has 1 saturated heterocycles. The van der Waals surface area contributed by atoms with Gasteiger partial charge in [0.1, 0.15) is 5.75 Å². The summed E-state index contributed by atoms with van der Waals surface area (Å²) in [5.74, 6) is 0.0703. The van der Waals surface area contributed by atoms with Crippen LogP contribution in [0.4, 0.5) is 0 Å². The van der Waals surface area contributed by atoms with Crippen LogP contribution in [-0.4, -0.2) is 46.3 Å². The van der Waals surface area contributed by atoms with Crippen molar-refractivity contribution in [3.63, 3.8) is 0 Å². The van der Waals surface area contributed by atoms with Crippen molar-refractivity contribution in [1.29, 1.82) is 0 Å². The van der Waals surface area contributed by atoms with Gasteiger partial charge < -0.3 is 20.8 Å². The minimum absolute atomic E-state index is 0.125. The molecule has 5 heteroatoms. The van der Waals surface area contributed by atoms with E-state index in [9.17, 15) is 9.90 Å². The van der Waals surface area contributed by atoms with Gasteiger partial charge in [0.05, 0.1) is 12.1 Å². The molecule has 98 valence electrons. The Hall–Kier alpha value is -1.59. The summed E-state index contributed by atoms with van der Waals surface area (Å²) in [5.41, 5.74) is 6.79. The highest BCUT2D eigenvalue weighted by Gasteiger charge is 2.28. The van der Waals surface area contributed by atoms with Crippen molar-refractivity contribution < 1.29 is 15.0 Å². The van der Waals surface area contributed by atoms with Crippen LogP contribution in [0.2, 0.25) is 0 Å². The molecule has 2 rings (SSSR count). The van der Waals surface area contributed by atoms with E-state index < -0.39 is 12.1 Å². The molecule has 4 N–H and O–H groups in total. The van der Waals surface area contributed by atoms with E-state index in [1.165, 1.54) is 0 Å². The van der Waals surface area contributed by atoms with E-state index in [2.05, 4.69) is 0 Å². The molecule has 0 radical (unpaired) electrons. The fraction of sp³-hybridized carbons (Fsp3) is 0.462. The number of aromatic hydroxyl groups is 1. The van der Waals surface area contributed by atoms with Crippen LogP contribution in [0, 0.1) is 0 Å². The molecule has 1 aliphatic rings. The maximum atomic E-state index is 12.0. The lowest BCUT2D eigenvalue weighted by molar-refractivity contribution is -0.131. The van der Waals surface area contributed by atoms with E-state index in [4.69, 9.17) is 10.8 Å². The number of aliphatic hydroxyl groups is 1. The average molecular weight is 250 g/mol. The van der Waals surface area contributed by atoms with Gasteiger partial charge in [-0.25, -0.2) is 0 Å². The molecular formula is C13H18N2O3. The maximum absolute atomic E-state index is 12.0. The van der Waals surface area contributed by atoms with Crippen LogP contribution in [0.5, 0.6) is 5.75 Å². The zero-order valence-electron chi connectivity index (χ0n) is 10.1. The fourth-order valence-corrected chi connectivity index (χ4v) is 2.15. The van der Waals surface area contributed by atoms with Crippen LogP contribution in [-0.2, 0) is 11.2 Å². The maximum Gasteiger partial charge on any atom is 0.239 e. The Bertz CT molecular complexity index is 419. The van der Waals surface area contributed by atoms with Gasteiger partial charge in [-0.3, -0.25) is 4.79 Å². The summed E-state index contributed by atoms with van der Waals surface area (Å²) in [4.78, 5) is 13.6. The van der Waals surface area contributed by atoms with E-state index in [1.54, 1.807) is 29.2 Å². The van der Waals surface area contributed by atoms with Crippen LogP contribution in [0.3, 0.4) is 0 Å².